The van der Waals surface area contributed by atoms with E-state index in [1.165, 1.54) is 25.7 Å². The van der Waals surface area contributed by atoms with E-state index in [0.29, 0.717) is 35.4 Å². The quantitative estimate of drug-likeness (QED) is 0.120. The van der Waals surface area contributed by atoms with Crippen LogP contribution in [0.25, 0.3) is 32.6 Å². The number of hydrogen-bond acceptors (Lipinski definition) is 10. The van der Waals surface area contributed by atoms with Gasteiger partial charge in [0.25, 0.3) is 0 Å². The molecule has 0 radical (unpaired) electrons. The first-order chi connectivity index (χ1) is 28.5. The molecule has 4 bridgehead atoms. The van der Waals surface area contributed by atoms with Crippen LogP contribution in [0.3, 0.4) is 0 Å². The Morgan fingerprint density at radius 1 is 0.603 bits per heavy atom. The summed E-state index contributed by atoms with van der Waals surface area (Å²) in [4.78, 5) is 14.8. The van der Waals surface area contributed by atoms with E-state index in [1.54, 1.807) is 14.2 Å². The van der Waals surface area contributed by atoms with Crippen molar-refractivity contribution < 1.29 is 18.9 Å². The van der Waals surface area contributed by atoms with Crippen LogP contribution in [0.4, 0.5) is 0 Å². The molecule has 6 aliphatic rings. The number of nitrogens with zero attached hydrogens (tertiary/aromatic N) is 6. The largest absolute Gasteiger partial charge is 0.497 e. The summed E-state index contributed by atoms with van der Waals surface area (Å²) in [7, 11) is 3.42. The molecule has 6 fully saturated rings. The van der Waals surface area contributed by atoms with Gasteiger partial charge >= 0.3 is 0 Å². The fourth-order valence-electron chi connectivity index (χ4n) is 11.1. The maximum Gasteiger partial charge on any atom is 0.242 e. The van der Waals surface area contributed by atoms with Crippen molar-refractivity contribution in [3.05, 3.63) is 96.3 Å². The molecule has 10 heteroatoms. The Labute approximate surface area is 340 Å². The molecule has 0 N–H and O–H groups in total. The minimum Gasteiger partial charge on any atom is -0.497 e. The number of benzene rings is 3. The minimum atomic E-state index is -0.300. The van der Waals surface area contributed by atoms with E-state index in [2.05, 4.69) is 72.2 Å². The Bertz CT molecular complexity index is 2280. The molecule has 6 aliphatic heterocycles. The van der Waals surface area contributed by atoms with Gasteiger partial charge in [0, 0.05) is 47.4 Å². The smallest absolute Gasteiger partial charge is 0.242 e. The van der Waals surface area contributed by atoms with Crippen LogP contribution in [-0.2, 0) is 0 Å². The number of fused-ring (bicyclic) bond motifs is 9. The maximum atomic E-state index is 7.30. The van der Waals surface area contributed by atoms with Crippen molar-refractivity contribution in [2.75, 3.05) is 40.4 Å². The highest BCUT2D eigenvalue weighted by atomic mass is 16.5. The van der Waals surface area contributed by atoms with E-state index in [-0.39, 0.29) is 24.3 Å². The molecule has 0 aliphatic carbocycles. The molecule has 0 spiro atoms. The molecular weight excluding hydrogens is 725 g/mol. The third kappa shape index (κ3) is 6.58. The van der Waals surface area contributed by atoms with Gasteiger partial charge in [0.15, 0.2) is 0 Å². The Balaban J connectivity index is 1.06. The van der Waals surface area contributed by atoms with E-state index in [9.17, 15) is 0 Å². The first-order valence-corrected chi connectivity index (χ1v) is 21.5. The number of rotatable bonds is 12. The zero-order valence-electron chi connectivity index (χ0n) is 34.1. The van der Waals surface area contributed by atoms with Gasteiger partial charge in [0.05, 0.1) is 48.1 Å². The van der Waals surface area contributed by atoms with E-state index in [0.717, 1.165) is 94.2 Å². The second-order valence-electron chi connectivity index (χ2n) is 17.0. The monoisotopic (exact) mass is 778 g/mol. The topological polar surface area (TPSA) is 95.0 Å². The van der Waals surface area contributed by atoms with Crippen LogP contribution in [0.1, 0.15) is 75.7 Å². The van der Waals surface area contributed by atoms with Crippen LogP contribution in [0.5, 0.6) is 23.3 Å². The highest BCUT2D eigenvalue weighted by Gasteiger charge is 2.46. The van der Waals surface area contributed by atoms with Crippen molar-refractivity contribution in [2.24, 2.45) is 23.7 Å². The fraction of sp³-hybridized carbons (Fsp3) is 0.458. The van der Waals surface area contributed by atoms with Gasteiger partial charge in [-0.3, -0.25) is 19.8 Å². The van der Waals surface area contributed by atoms with Gasteiger partial charge in [-0.2, -0.15) is 0 Å². The van der Waals surface area contributed by atoms with Crippen LogP contribution in [0.2, 0.25) is 0 Å². The summed E-state index contributed by atoms with van der Waals surface area (Å²) in [6.07, 6.45) is 10.2. The van der Waals surface area contributed by atoms with Crippen molar-refractivity contribution in [3.63, 3.8) is 0 Å². The third-order valence-electron chi connectivity index (χ3n) is 14.3. The Morgan fingerprint density at radius 3 is 1.47 bits per heavy atom. The summed E-state index contributed by atoms with van der Waals surface area (Å²) in [6, 6.07) is 25.1. The van der Waals surface area contributed by atoms with Gasteiger partial charge < -0.3 is 18.9 Å². The van der Waals surface area contributed by atoms with Crippen LogP contribution in [-0.4, -0.2) is 82.4 Å². The van der Waals surface area contributed by atoms with Gasteiger partial charge in [0.1, 0.15) is 23.7 Å². The highest BCUT2D eigenvalue weighted by molar-refractivity contribution is 5.91. The molecule has 300 valence electrons. The van der Waals surface area contributed by atoms with Crippen molar-refractivity contribution in [1.29, 1.82) is 0 Å². The van der Waals surface area contributed by atoms with Crippen molar-refractivity contribution >= 4 is 32.6 Å². The minimum absolute atomic E-state index is 0.180. The zero-order valence-corrected chi connectivity index (χ0v) is 34.1. The lowest BCUT2D eigenvalue weighted by Crippen LogP contribution is -2.56. The number of hydrogen-bond donors (Lipinski definition) is 0. The molecule has 3 aromatic heterocycles. The molecule has 58 heavy (non-hydrogen) atoms. The van der Waals surface area contributed by atoms with E-state index in [1.807, 2.05) is 36.7 Å². The van der Waals surface area contributed by atoms with Crippen LogP contribution in [0, 0.1) is 23.7 Å². The molecule has 2 unspecified atom stereocenters. The molecule has 0 amide bonds. The first-order valence-electron chi connectivity index (χ1n) is 21.5. The molecule has 12 rings (SSSR count). The third-order valence-corrected chi connectivity index (χ3v) is 14.3. The lowest BCUT2D eigenvalue weighted by molar-refractivity contribution is -0.0505. The van der Waals surface area contributed by atoms with Crippen LogP contribution >= 0.6 is 0 Å². The van der Waals surface area contributed by atoms with E-state index in [4.69, 9.17) is 39.1 Å². The van der Waals surface area contributed by atoms with Gasteiger partial charge in [0.2, 0.25) is 11.8 Å². The molecule has 10 atom stereocenters. The predicted molar refractivity (Wildman–Crippen MR) is 227 cm³/mol. The average Bonchev–Trinajstić information content (AvgIpc) is 3.29. The second-order valence-corrected chi connectivity index (χ2v) is 17.0. The Morgan fingerprint density at radius 2 is 1.07 bits per heavy atom. The van der Waals surface area contributed by atoms with E-state index >= 15 is 0 Å². The number of pyridine rings is 2. The molecule has 0 saturated carbocycles. The fourth-order valence-corrected chi connectivity index (χ4v) is 11.1. The normalized spacial score (nSPS) is 27.4. The number of methoxy groups -OCH3 is 2. The first kappa shape index (κ1) is 37.2. The molecule has 10 nitrogen and oxygen atoms in total. The van der Waals surface area contributed by atoms with Crippen LogP contribution < -0.4 is 18.9 Å². The highest BCUT2D eigenvalue weighted by Crippen LogP contribution is 2.47. The number of aromatic nitrogens is 4. The predicted octanol–water partition coefficient (Wildman–Crippen LogP) is 9.22. The molecule has 9 heterocycles. The summed E-state index contributed by atoms with van der Waals surface area (Å²) in [5.41, 5.74) is 4.01. The summed E-state index contributed by atoms with van der Waals surface area (Å²) >= 11 is 0. The lowest BCUT2D eigenvalue weighted by atomic mass is 9.72. The van der Waals surface area contributed by atoms with Crippen molar-refractivity contribution in [1.82, 2.24) is 30.0 Å². The second kappa shape index (κ2) is 15.6. The van der Waals surface area contributed by atoms with Gasteiger partial charge in [-0.05, 0) is 123 Å². The van der Waals surface area contributed by atoms with Crippen LogP contribution in [0.15, 0.2) is 85.2 Å². The maximum absolute atomic E-state index is 7.30. The molecule has 6 aromatic rings. The summed E-state index contributed by atoms with van der Waals surface area (Å²) in [5, 5.41) is 13.7. The zero-order chi connectivity index (χ0) is 39.3. The summed E-state index contributed by atoms with van der Waals surface area (Å²) < 4.78 is 26.0. The Kier molecular flexibility index (Phi) is 10.0. The average molecular weight is 779 g/mol. The standard InChI is InChI=1S/C48H54N6O4/c1-5-29-27-53-21-17-31(29)23-43(53)45(35-15-19-49-41-13-11-33(55-3)25-39(35)41)57-47-37-9-7-8-10-38(37)48(52-51-47)58-46(44-24-32-18-22-54(44)28-30(32)6-2)36-16-20-50-42-14-12-34(56-4)26-40(36)42/h7-16,19-20,25-26,29-32,43-46H,5-6,17-18,21-24,27-28H2,1-4H3/t29-,30-,31-,32+,43+,44-,45+,46-/m1/s1. The molecule has 6 saturated heterocycles. The number of piperidine rings is 6. The summed E-state index contributed by atoms with van der Waals surface area (Å²) in [5.74, 6) is 5.39. The molecular formula is C48H54N6O4. The lowest BCUT2D eigenvalue weighted by Gasteiger charge is -2.52. The number of ether oxygens (including phenoxy) is 4. The van der Waals surface area contributed by atoms with Gasteiger partial charge in [-0.1, -0.05) is 38.8 Å². The SMILES string of the molecule is CC[C@@H]1CN2CC[C@H]1C[C@@H]2[C@H](Oc1nnc(O[C@@H](c2ccnc3ccc(OC)cc23)[C@@H]2C[C@H]3CCN2C[C@H]3CC)c2ccccc12)c1ccnc2ccc(OC)cc12. The van der Waals surface area contributed by atoms with E-state index < -0.39 is 0 Å². The van der Waals surface area contributed by atoms with Crippen molar-refractivity contribution in [3.8, 4) is 23.3 Å². The van der Waals surface area contributed by atoms with Crippen molar-refractivity contribution in [2.45, 2.75) is 76.7 Å². The van der Waals surface area contributed by atoms with Gasteiger partial charge in [-0.25, -0.2) is 0 Å². The Hall–Kier alpha value is -5.06. The summed E-state index contributed by atoms with van der Waals surface area (Å²) in [6.45, 7) is 9.00. The van der Waals surface area contributed by atoms with Gasteiger partial charge in [-0.15, -0.1) is 10.2 Å². The molecule has 3 aromatic carbocycles.